The van der Waals surface area contributed by atoms with Gasteiger partial charge in [0.2, 0.25) is 11.8 Å². The fraction of sp³-hybridized carbons (Fsp3) is 0.385. The first kappa shape index (κ1) is 12.6. The molecular weight excluding hydrogens is 260 g/mol. The van der Waals surface area contributed by atoms with Crippen molar-refractivity contribution in [2.75, 3.05) is 5.32 Å². The maximum atomic E-state index is 12.2. The number of hydrogen-bond acceptors (Lipinski definition) is 5. The van der Waals surface area contributed by atoms with E-state index >= 15 is 0 Å². The lowest BCUT2D eigenvalue weighted by molar-refractivity contribution is -0.116. The molecule has 1 amide bonds. The number of anilines is 1. The summed E-state index contributed by atoms with van der Waals surface area (Å²) in [4.78, 5) is 28.2. The Labute approximate surface area is 114 Å². The molecule has 2 heterocycles. The van der Waals surface area contributed by atoms with Gasteiger partial charge in [-0.05, 0) is 26.2 Å². The van der Waals surface area contributed by atoms with E-state index in [0.29, 0.717) is 5.69 Å². The lowest BCUT2D eigenvalue weighted by atomic mass is 10.2. The molecule has 0 spiro atoms. The molecule has 2 aromatic rings. The Bertz CT molecular complexity index is 717. The van der Waals surface area contributed by atoms with E-state index in [1.807, 2.05) is 0 Å². The number of nitrogens with zero attached hydrogens (tertiary/aromatic N) is 3. The van der Waals surface area contributed by atoms with Gasteiger partial charge in [0.05, 0.1) is 17.7 Å². The van der Waals surface area contributed by atoms with E-state index in [-0.39, 0.29) is 23.9 Å². The molecule has 104 valence electrons. The SMILES string of the molecule is Cc1cc(NC(=O)Cn2cnc3c(c2=O)CCC3)on1. The first-order chi connectivity index (χ1) is 9.63. The Morgan fingerprint density at radius 1 is 1.50 bits per heavy atom. The van der Waals surface area contributed by atoms with Crippen LogP contribution in [0.15, 0.2) is 21.7 Å². The van der Waals surface area contributed by atoms with Crippen LogP contribution in [0.1, 0.15) is 23.4 Å². The molecule has 0 atom stereocenters. The monoisotopic (exact) mass is 274 g/mol. The molecule has 20 heavy (non-hydrogen) atoms. The molecule has 0 radical (unpaired) electrons. The van der Waals surface area contributed by atoms with Crippen molar-refractivity contribution in [2.24, 2.45) is 0 Å². The number of nitrogens with one attached hydrogen (secondary N) is 1. The molecule has 3 rings (SSSR count). The van der Waals surface area contributed by atoms with Gasteiger partial charge in [0, 0.05) is 11.6 Å². The lowest BCUT2D eigenvalue weighted by Crippen LogP contribution is -2.30. The number of aryl methyl sites for hydroxylation is 2. The summed E-state index contributed by atoms with van der Waals surface area (Å²) in [6.07, 6.45) is 3.96. The van der Waals surface area contributed by atoms with E-state index in [4.69, 9.17) is 4.52 Å². The second-order valence-electron chi connectivity index (χ2n) is 4.84. The number of carbonyl (C=O) groups excluding carboxylic acids is 1. The quantitative estimate of drug-likeness (QED) is 0.888. The average Bonchev–Trinajstić information content (AvgIpc) is 3.02. The highest BCUT2D eigenvalue weighted by molar-refractivity contribution is 5.89. The van der Waals surface area contributed by atoms with Crippen LogP contribution in [-0.4, -0.2) is 20.6 Å². The first-order valence-electron chi connectivity index (χ1n) is 6.44. The van der Waals surface area contributed by atoms with Crippen molar-refractivity contribution < 1.29 is 9.32 Å². The van der Waals surface area contributed by atoms with Gasteiger partial charge < -0.3 is 4.52 Å². The third-order valence-electron chi connectivity index (χ3n) is 3.27. The van der Waals surface area contributed by atoms with Crippen LogP contribution >= 0.6 is 0 Å². The minimum absolute atomic E-state index is 0.0845. The maximum absolute atomic E-state index is 12.2. The maximum Gasteiger partial charge on any atom is 0.257 e. The molecule has 1 N–H and O–H groups in total. The van der Waals surface area contributed by atoms with Gasteiger partial charge in [-0.2, -0.15) is 0 Å². The Hall–Kier alpha value is -2.44. The summed E-state index contributed by atoms with van der Waals surface area (Å²) >= 11 is 0. The largest absolute Gasteiger partial charge is 0.338 e. The first-order valence-corrected chi connectivity index (χ1v) is 6.44. The average molecular weight is 274 g/mol. The standard InChI is InChI=1S/C13H14N4O3/c1-8-5-12(20-16-8)15-11(18)6-17-7-14-10-4-2-3-9(10)13(17)19/h5,7H,2-4,6H2,1H3,(H,15,18). The van der Waals surface area contributed by atoms with Gasteiger partial charge >= 0.3 is 0 Å². The van der Waals surface area contributed by atoms with E-state index in [0.717, 1.165) is 30.5 Å². The topological polar surface area (TPSA) is 90.0 Å². The zero-order valence-corrected chi connectivity index (χ0v) is 11.0. The van der Waals surface area contributed by atoms with Crippen LogP contribution in [0.3, 0.4) is 0 Å². The molecule has 0 saturated carbocycles. The predicted octanol–water partition coefficient (Wildman–Crippen LogP) is 0.667. The van der Waals surface area contributed by atoms with Gasteiger partial charge in [-0.25, -0.2) is 4.98 Å². The molecule has 1 aliphatic carbocycles. The van der Waals surface area contributed by atoms with Crippen LogP contribution in [-0.2, 0) is 24.2 Å². The molecule has 0 unspecified atom stereocenters. The summed E-state index contributed by atoms with van der Waals surface area (Å²) in [5.74, 6) is -0.0716. The molecule has 0 fully saturated rings. The smallest absolute Gasteiger partial charge is 0.257 e. The van der Waals surface area contributed by atoms with Crippen molar-refractivity contribution in [3.05, 3.63) is 39.7 Å². The van der Waals surface area contributed by atoms with Crippen molar-refractivity contribution in [3.63, 3.8) is 0 Å². The molecule has 0 aliphatic heterocycles. The summed E-state index contributed by atoms with van der Waals surface area (Å²) in [6.45, 7) is 1.67. The fourth-order valence-corrected chi connectivity index (χ4v) is 2.33. The molecular formula is C13H14N4O3. The zero-order chi connectivity index (χ0) is 14.1. The normalized spacial score (nSPS) is 13.2. The Morgan fingerprint density at radius 3 is 3.10 bits per heavy atom. The molecule has 0 saturated heterocycles. The van der Waals surface area contributed by atoms with E-state index in [9.17, 15) is 9.59 Å². The van der Waals surface area contributed by atoms with E-state index < -0.39 is 0 Å². The van der Waals surface area contributed by atoms with Crippen LogP contribution < -0.4 is 10.9 Å². The van der Waals surface area contributed by atoms with Gasteiger partial charge in [-0.1, -0.05) is 5.16 Å². The van der Waals surface area contributed by atoms with Gasteiger partial charge in [0.15, 0.2) is 0 Å². The minimum Gasteiger partial charge on any atom is -0.338 e. The highest BCUT2D eigenvalue weighted by Crippen LogP contribution is 2.15. The van der Waals surface area contributed by atoms with Crippen molar-refractivity contribution in [3.8, 4) is 0 Å². The molecule has 7 nitrogen and oxygen atoms in total. The van der Waals surface area contributed by atoms with Crippen LogP contribution in [0, 0.1) is 6.92 Å². The van der Waals surface area contributed by atoms with Crippen LogP contribution in [0.2, 0.25) is 0 Å². The Morgan fingerprint density at radius 2 is 2.35 bits per heavy atom. The number of fused-ring (bicyclic) bond motifs is 1. The molecule has 2 aromatic heterocycles. The highest BCUT2D eigenvalue weighted by atomic mass is 16.5. The number of rotatable bonds is 3. The zero-order valence-electron chi connectivity index (χ0n) is 11.0. The van der Waals surface area contributed by atoms with Gasteiger partial charge in [0.1, 0.15) is 6.54 Å². The fourth-order valence-electron chi connectivity index (χ4n) is 2.33. The number of amides is 1. The summed E-state index contributed by atoms with van der Waals surface area (Å²) in [5, 5.41) is 6.22. The molecule has 1 aliphatic rings. The lowest BCUT2D eigenvalue weighted by Gasteiger charge is -2.06. The number of carbonyl (C=O) groups is 1. The van der Waals surface area contributed by atoms with E-state index in [1.54, 1.807) is 13.0 Å². The van der Waals surface area contributed by atoms with Crippen LogP contribution in [0.25, 0.3) is 0 Å². The number of hydrogen-bond donors (Lipinski definition) is 1. The summed E-state index contributed by atoms with van der Waals surface area (Å²) in [6, 6.07) is 1.61. The third-order valence-corrected chi connectivity index (χ3v) is 3.27. The highest BCUT2D eigenvalue weighted by Gasteiger charge is 2.18. The van der Waals surface area contributed by atoms with Crippen LogP contribution in [0.4, 0.5) is 5.88 Å². The van der Waals surface area contributed by atoms with Crippen molar-refractivity contribution in [1.82, 2.24) is 14.7 Å². The predicted molar refractivity (Wildman–Crippen MR) is 70.4 cm³/mol. The van der Waals surface area contributed by atoms with Gasteiger partial charge in [0.25, 0.3) is 5.56 Å². The van der Waals surface area contributed by atoms with Gasteiger partial charge in [-0.3, -0.25) is 19.5 Å². The Kier molecular flexibility index (Phi) is 3.09. The molecule has 0 aromatic carbocycles. The number of aromatic nitrogens is 3. The van der Waals surface area contributed by atoms with Crippen LogP contribution in [0.5, 0.6) is 0 Å². The molecule has 0 bridgehead atoms. The van der Waals surface area contributed by atoms with Crippen molar-refractivity contribution in [1.29, 1.82) is 0 Å². The Balaban J connectivity index is 1.75. The summed E-state index contributed by atoms with van der Waals surface area (Å²) < 4.78 is 6.21. The molecule has 7 heteroatoms. The van der Waals surface area contributed by atoms with E-state index in [2.05, 4.69) is 15.5 Å². The van der Waals surface area contributed by atoms with Crippen molar-refractivity contribution >= 4 is 11.8 Å². The summed E-state index contributed by atoms with van der Waals surface area (Å²) in [5.41, 5.74) is 2.14. The summed E-state index contributed by atoms with van der Waals surface area (Å²) in [7, 11) is 0. The van der Waals surface area contributed by atoms with E-state index in [1.165, 1.54) is 10.9 Å². The minimum atomic E-state index is -0.344. The third kappa shape index (κ3) is 2.34. The second-order valence-corrected chi connectivity index (χ2v) is 4.84. The van der Waals surface area contributed by atoms with Gasteiger partial charge in [-0.15, -0.1) is 0 Å². The van der Waals surface area contributed by atoms with Crippen molar-refractivity contribution in [2.45, 2.75) is 32.7 Å². The second kappa shape index (κ2) is 4.92.